The summed E-state index contributed by atoms with van der Waals surface area (Å²) in [5, 5.41) is 11.5. The van der Waals surface area contributed by atoms with Crippen molar-refractivity contribution in [2.24, 2.45) is 0 Å². The van der Waals surface area contributed by atoms with Crippen LogP contribution in [0.5, 0.6) is 0 Å². The molecule has 0 bridgehead atoms. The highest BCUT2D eigenvalue weighted by molar-refractivity contribution is 7.22. The second kappa shape index (κ2) is 8.63. The van der Waals surface area contributed by atoms with E-state index in [1.54, 1.807) is 12.1 Å². The number of hydrogen-bond acceptors (Lipinski definition) is 6. The fourth-order valence-electron chi connectivity index (χ4n) is 4.16. The summed E-state index contributed by atoms with van der Waals surface area (Å²) in [6, 6.07) is 17.8. The van der Waals surface area contributed by atoms with Gasteiger partial charge in [-0.1, -0.05) is 53.3 Å². The SMILES string of the molecule is Cc1ccc(/C(O)=C2\C(=O)C(=O)N(c3nc4ccc(F)cc4s3)C2c2ccc(N(C)C)cc2)cc1. The molecule has 3 aromatic carbocycles. The first-order chi connectivity index (χ1) is 16.7. The third-order valence-corrected chi connectivity index (χ3v) is 7.06. The summed E-state index contributed by atoms with van der Waals surface area (Å²) in [6.45, 7) is 1.92. The number of rotatable bonds is 4. The van der Waals surface area contributed by atoms with Crippen molar-refractivity contribution in [2.75, 3.05) is 23.9 Å². The van der Waals surface area contributed by atoms with Crippen LogP contribution in [-0.4, -0.2) is 35.9 Å². The molecular weight excluding hydrogens is 465 g/mol. The number of aryl methyl sites for hydroxylation is 1. The Morgan fingerprint density at radius 3 is 2.37 bits per heavy atom. The molecule has 1 aromatic heterocycles. The van der Waals surface area contributed by atoms with Gasteiger partial charge in [0, 0.05) is 25.3 Å². The van der Waals surface area contributed by atoms with Gasteiger partial charge in [-0.2, -0.15) is 0 Å². The van der Waals surface area contributed by atoms with E-state index < -0.39 is 23.5 Å². The first-order valence-corrected chi connectivity index (χ1v) is 11.8. The first-order valence-electron chi connectivity index (χ1n) is 11.0. The summed E-state index contributed by atoms with van der Waals surface area (Å²) in [4.78, 5) is 34.4. The Hall–Kier alpha value is -4.04. The summed E-state index contributed by atoms with van der Waals surface area (Å²) in [6.07, 6.45) is 0. The van der Waals surface area contributed by atoms with E-state index in [4.69, 9.17) is 0 Å². The monoisotopic (exact) mass is 487 g/mol. The molecule has 1 fully saturated rings. The van der Waals surface area contributed by atoms with E-state index in [9.17, 15) is 19.1 Å². The van der Waals surface area contributed by atoms with Gasteiger partial charge >= 0.3 is 5.91 Å². The average molecular weight is 488 g/mol. The summed E-state index contributed by atoms with van der Waals surface area (Å²) in [5.41, 5.74) is 3.54. The molecule has 0 spiro atoms. The van der Waals surface area contributed by atoms with Crippen molar-refractivity contribution in [3.8, 4) is 0 Å². The number of thiazole rings is 1. The quantitative estimate of drug-likeness (QED) is 0.236. The van der Waals surface area contributed by atoms with Gasteiger partial charge in [-0.15, -0.1) is 0 Å². The van der Waals surface area contributed by atoms with Gasteiger partial charge in [0.25, 0.3) is 5.78 Å². The molecule has 1 amide bonds. The predicted molar refractivity (Wildman–Crippen MR) is 136 cm³/mol. The van der Waals surface area contributed by atoms with Crippen molar-refractivity contribution in [3.05, 3.63) is 94.8 Å². The van der Waals surface area contributed by atoms with E-state index >= 15 is 0 Å². The van der Waals surface area contributed by atoms with Crippen LogP contribution < -0.4 is 9.80 Å². The molecule has 0 saturated carbocycles. The number of benzene rings is 3. The average Bonchev–Trinajstić information content (AvgIpc) is 3.37. The van der Waals surface area contributed by atoms with Crippen molar-refractivity contribution in [1.82, 2.24) is 4.98 Å². The lowest BCUT2D eigenvalue weighted by molar-refractivity contribution is -0.132. The van der Waals surface area contributed by atoms with Crippen LogP contribution in [0.2, 0.25) is 0 Å². The zero-order chi connectivity index (χ0) is 24.9. The first kappa shape index (κ1) is 22.7. The Morgan fingerprint density at radius 2 is 1.71 bits per heavy atom. The normalized spacial score (nSPS) is 17.4. The van der Waals surface area contributed by atoms with Gasteiger partial charge in [-0.25, -0.2) is 9.37 Å². The molecule has 1 atom stereocenters. The number of halogens is 1. The minimum atomic E-state index is -0.891. The number of carbonyl (C=O) groups is 2. The largest absolute Gasteiger partial charge is 0.507 e. The molecule has 4 aromatic rings. The molecule has 1 aliphatic heterocycles. The number of Topliss-reactive ketones (excluding diaryl/α,β-unsaturated/α-hetero) is 1. The van der Waals surface area contributed by atoms with E-state index in [-0.39, 0.29) is 16.5 Å². The Kier molecular flexibility index (Phi) is 5.61. The molecule has 176 valence electrons. The minimum Gasteiger partial charge on any atom is -0.507 e. The van der Waals surface area contributed by atoms with Crippen LogP contribution in [0.1, 0.15) is 22.7 Å². The van der Waals surface area contributed by atoms with Crippen LogP contribution in [0.4, 0.5) is 15.2 Å². The van der Waals surface area contributed by atoms with Gasteiger partial charge in [0.15, 0.2) is 5.13 Å². The number of aliphatic hydroxyl groups excluding tert-OH is 1. The van der Waals surface area contributed by atoms with Gasteiger partial charge < -0.3 is 10.0 Å². The molecule has 0 aliphatic carbocycles. The topological polar surface area (TPSA) is 73.7 Å². The van der Waals surface area contributed by atoms with Crippen molar-refractivity contribution in [3.63, 3.8) is 0 Å². The van der Waals surface area contributed by atoms with Crippen LogP contribution in [0.25, 0.3) is 16.0 Å². The highest BCUT2D eigenvalue weighted by atomic mass is 32.1. The second-order valence-electron chi connectivity index (χ2n) is 8.63. The maximum absolute atomic E-state index is 13.8. The van der Waals surface area contributed by atoms with Crippen molar-refractivity contribution < 1.29 is 19.1 Å². The van der Waals surface area contributed by atoms with Crippen molar-refractivity contribution >= 4 is 49.8 Å². The highest BCUT2D eigenvalue weighted by Crippen LogP contribution is 2.44. The molecule has 6 nitrogen and oxygen atoms in total. The number of aromatic nitrogens is 1. The second-order valence-corrected chi connectivity index (χ2v) is 9.64. The Balaban J connectivity index is 1.71. The lowest BCUT2D eigenvalue weighted by atomic mass is 9.95. The molecule has 35 heavy (non-hydrogen) atoms. The summed E-state index contributed by atoms with van der Waals surface area (Å²) >= 11 is 1.12. The molecule has 5 rings (SSSR count). The molecule has 1 unspecified atom stereocenters. The van der Waals surface area contributed by atoms with Gasteiger partial charge in [0.2, 0.25) is 0 Å². The number of nitrogens with zero attached hydrogens (tertiary/aromatic N) is 3. The summed E-state index contributed by atoms with van der Waals surface area (Å²) in [5.74, 6) is -2.25. The zero-order valence-corrected chi connectivity index (χ0v) is 20.1. The molecule has 1 aliphatic rings. The fourth-order valence-corrected chi connectivity index (χ4v) is 5.17. The van der Waals surface area contributed by atoms with E-state index in [0.717, 1.165) is 22.6 Å². The van der Waals surface area contributed by atoms with Crippen LogP contribution in [0, 0.1) is 12.7 Å². The highest BCUT2D eigenvalue weighted by Gasteiger charge is 2.48. The third-order valence-electron chi connectivity index (χ3n) is 6.04. The third kappa shape index (κ3) is 3.95. The zero-order valence-electron chi connectivity index (χ0n) is 19.3. The number of hydrogen-bond donors (Lipinski definition) is 1. The Labute approximate surface area is 205 Å². The standard InChI is InChI=1S/C27H22FN3O3S/c1-15-4-6-17(7-5-15)24(32)22-23(16-8-11-19(12-9-16)30(2)3)31(26(34)25(22)33)27-29-20-13-10-18(28)14-21(20)35-27/h4-14,23,32H,1-3H3/b24-22+. The maximum atomic E-state index is 13.8. The van der Waals surface area contributed by atoms with Gasteiger partial charge in [0.05, 0.1) is 21.8 Å². The number of amides is 1. The fraction of sp³-hybridized carbons (Fsp3) is 0.148. The molecule has 1 saturated heterocycles. The number of carbonyl (C=O) groups excluding carboxylic acids is 2. The number of anilines is 2. The van der Waals surface area contributed by atoms with E-state index in [1.165, 1.54) is 23.1 Å². The summed E-state index contributed by atoms with van der Waals surface area (Å²) < 4.78 is 14.3. The lowest BCUT2D eigenvalue weighted by Crippen LogP contribution is -2.29. The van der Waals surface area contributed by atoms with Crippen molar-refractivity contribution in [1.29, 1.82) is 0 Å². The predicted octanol–water partition coefficient (Wildman–Crippen LogP) is 5.44. The number of aliphatic hydroxyl groups is 1. The number of fused-ring (bicyclic) bond motifs is 1. The van der Waals surface area contributed by atoms with E-state index in [1.807, 2.05) is 62.3 Å². The maximum Gasteiger partial charge on any atom is 0.301 e. The molecule has 0 radical (unpaired) electrons. The molecule has 2 heterocycles. The van der Waals surface area contributed by atoms with Crippen LogP contribution in [0.3, 0.4) is 0 Å². The van der Waals surface area contributed by atoms with Crippen molar-refractivity contribution in [2.45, 2.75) is 13.0 Å². The minimum absolute atomic E-state index is 0.0121. The smallest absolute Gasteiger partial charge is 0.301 e. The number of ketones is 1. The van der Waals surface area contributed by atoms with Gasteiger partial charge in [0.1, 0.15) is 11.6 Å². The van der Waals surface area contributed by atoms with Crippen LogP contribution in [0.15, 0.2) is 72.3 Å². The van der Waals surface area contributed by atoms with Gasteiger partial charge in [-0.05, 0) is 42.8 Å². The lowest BCUT2D eigenvalue weighted by Gasteiger charge is -2.23. The molecule has 8 heteroatoms. The molecule has 1 N–H and O–H groups in total. The van der Waals surface area contributed by atoms with Crippen LogP contribution in [-0.2, 0) is 9.59 Å². The molecular formula is C27H22FN3O3S. The van der Waals surface area contributed by atoms with Crippen LogP contribution >= 0.6 is 11.3 Å². The Morgan fingerprint density at radius 1 is 1.03 bits per heavy atom. The summed E-state index contributed by atoms with van der Waals surface area (Å²) in [7, 11) is 3.83. The van der Waals surface area contributed by atoms with Gasteiger partial charge in [-0.3, -0.25) is 14.5 Å². The van der Waals surface area contributed by atoms with E-state index in [0.29, 0.717) is 21.3 Å². The Bertz CT molecular complexity index is 1490. The van der Waals surface area contributed by atoms with E-state index in [2.05, 4.69) is 4.98 Å².